The fraction of sp³-hybridized carbons (Fsp3) is 0.0625. The smallest absolute Gasteiger partial charge is 0.272 e. The molecule has 0 aliphatic heterocycles. The summed E-state index contributed by atoms with van der Waals surface area (Å²) < 4.78 is 0. The molecule has 0 fully saturated rings. The van der Waals surface area contributed by atoms with Crippen LogP contribution in [-0.2, 0) is 9.59 Å². The molecule has 4 aromatic rings. The Hall–Kier alpha value is -4.57. The quantitative estimate of drug-likeness (QED) is 0.115. The van der Waals surface area contributed by atoms with Crippen LogP contribution >= 0.6 is 35.0 Å². The third kappa shape index (κ3) is 8.71. The van der Waals surface area contributed by atoms with Crippen LogP contribution in [0.25, 0.3) is 6.08 Å². The largest absolute Gasteiger partial charge is 0.366 e. The summed E-state index contributed by atoms with van der Waals surface area (Å²) in [5.41, 5.74) is 7.41. The van der Waals surface area contributed by atoms with Crippen molar-refractivity contribution in [3.8, 4) is 0 Å². The van der Waals surface area contributed by atoms with E-state index < -0.39 is 23.0 Å². The molecule has 0 radical (unpaired) electrons. The number of carbonyl (C=O) groups is 4. The molecule has 0 spiro atoms. The molecule has 0 saturated heterocycles. The first-order valence-corrected chi connectivity index (χ1v) is 14.5. The Labute approximate surface area is 262 Å². The normalized spacial score (nSPS) is 11.7. The van der Waals surface area contributed by atoms with Crippen LogP contribution in [0.4, 0.5) is 11.4 Å². The maximum absolute atomic E-state index is 13.3. The van der Waals surface area contributed by atoms with E-state index in [1.165, 1.54) is 17.8 Å². The van der Waals surface area contributed by atoms with E-state index in [0.29, 0.717) is 33.1 Å². The Morgan fingerprint density at radius 2 is 1.40 bits per heavy atom. The van der Waals surface area contributed by atoms with Crippen molar-refractivity contribution in [2.75, 3.05) is 10.6 Å². The van der Waals surface area contributed by atoms with Crippen molar-refractivity contribution in [1.29, 1.82) is 0 Å². The zero-order chi connectivity index (χ0) is 30.9. The highest BCUT2D eigenvalue weighted by Crippen LogP contribution is 2.28. The molecule has 5 N–H and O–H groups in total. The van der Waals surface area contributed by atoms with E-state index in [1.807, 2.05) is 0 Å². The fourth-order valence-corrected chi connectivity index (χ4v) is 4.99. The Morgan fingerprint density at radius 3 is 2.05 bits per heavy atom. The van der Waals surface area contributed by atoms with Crippen molar-refractivity contribution in [3.05, 3.63) is 129 Å². The third-order valence-electron chi connectivity index (χ3n) is 6.04. The SMILES string of the molecule is CC(Sc1ccc(NC(=O)/C(=C/c2cccc(Cl)c2Cl)NC(=O)c2ccccc2)cc1)C(=O)Nc1ccc(C(N)=O)cc1. The van der Waals surface area contributed by atoms with Gasteiger partial charge in [0.25, 0.3) is 11.8 Å². The number of hydrogen-bond acceptors (Lipinski definition) is 5. The Kier molecular flexibility index (Phi) is 10.6. The highest BCUT2D eigenvalue weighted by Gasteiger charge is 2.18. The summed E-state index contributed by atoms with van der Waals surface area (Å²) >= 11 is 13.8. The number of amides is 4. The molecule has 8 nitrogen and oxygen atoms in total. The predicted molar refractivity (Wildman–Crippen MR) is 172 cm³/mol. The van der Waals surface area contributed by atoms with Crippen molar-refractivity contribution in [2.45, 2.75) is 17.1 Å². The van der Waals surface area contributed by atoms with Gasteiger partial charge in [-0.15, -0.1) is 11.8 Å². The zero-order valence-electron chi connectivity index (χ0n) is 22.8. The molecular weight excluding hydrogens is 607 g/mol. The van der Waals surface area contributed by atoms with Gasteiger partial charge in [-0.3, -0.25) is 19.2 Å². The van der Waals surface area contributed by atoms with Crippen LogP contribution < -0.4 is 21.7 Å². The number of thioether (sulfide) groups is 1. The first-order chi connectivity index (χ1) is 20.6. The minimum absolute atomic E-state index is 0.0365. The second-order valence-corrected chi connectivity index (χ2v) is 11.4. The molecule has 4 rings (SSSR count). The number of anilines is 2. The maximum atomic E-state index is 13.3. The summed E-state index contributed by atoms with van der Waals surface area (Å²) in [7, 11) is 0. The van der Waals surface area contributed by atoms with Crippen molar-refractivity contribution >= 4 is 76.0 Å². The highest BCUT2D eigenvalue weighted by molar-refractivity contribution is 8.00. The van der Waals surface area contributed by atoms with Crippen molar-refractivity contribution in [1.82, 2.24) is 5.32 Å². The predicted octanol–water partition coefficient (Wildman–Crippen LogP) is 6.62. The van der Waals surface area contributed by atoms with E-state index in [1.54, 1.807) is 104 Å². The van der Waals surface area contributed by atoms with Crippen molar-refractivity contribution in [3.63, 3.8) is 0 Å². The van der Waals surface area contributed by atoms with E-state index >= 15 is 0 Å². The van der Waals surface area contributed by atoms with Gasteiger partial charge >= 0.3 is 0 Å². The number of halogens is 2. The van der Waals surface area contributed by atoms with Gasteiger partial charge in [-0.05, 0) is 85.3 Å². The molecule has 1 atom stereocenters. The first kappa shape index (κ1) is 31.4. The topological polar surface area (TPSA) is 130 Å². The maximum Gasteiger partial charge on any atom is 0.272 e. The second kappa shape index (κ2) is 14.6. The van der Waals surface area contributed by atoms with E-state index in [4.69, 9.17) is 28.9 Å². The number of hydrogen-bond donors (Lipinski definition) is 4. The molecule has 1 unspecified atom stereocenters. The number of primary amides is 1. The van der Waals surface area contributed by atoms with Gasteiger partial charge < -0.3 is 21.7 Å². The average Bonchev–Trinajstić information content (AvgIpc) is 3.00. The van der Waals surface area contributed by atoms with Crippen LogP contribution in [-0.4, -0.2) is 28.9 Å². The molecule has 0 bridgehead atoms. The average molecular weight is 634 g/mol. The van der Waals surface area contributed by atoms with Gasteiger partial charge in [-0.2, -0.15) is 0 Å². The molecular formula is C32H26Cl2N4O4S. The lowest BCUT2D eigenvalue weighted by atomic mass is 10.1. The Bertz CT molecular complexity index is 1680. The van der Waals surface area contributed by atoms with Gasteiger partial charge in [-0.25, -0.2) is 0 Å². The van der Waals surface area contributed by atoms with Crippen molar-refractivity contribution < 1.29 is 19.2 Å². The number of rotatable bonds is 10. The van der Waals surface area contributed by atoms with Gasteiger partial charge in [0.1, 0.15) is 5.70 Å². The number of benzene rings is 4. The highest BCUT2D eigenvalue weighted by atomic mass is 35.5. The Balaban J connectivity index is 1.43. The zero-order valence-corrected chi connectivity index (χ0v) is 25.1. The molecule has 0 aromatic heterocycles. The van der Waals surface area contributed by atoms with Crippen LogP contribution in [0.5, 0.6) is 0 Å². The summed E-state index contributed by atoms with van der Waals surface area (Å²) in [6.45, 7) is 1.76. The summed E-state index contributed by atoms with van der Waals surface area (Å²) in [5, 5.41) is 8.36. The molecule has 0 heterocycles. The summed E-state index contributed by atoms with van der Waals surface area (Å²) in [4.78, 5) is 50.9. The van der Waals surface area contributed by atoms with Crippen LogP contribution in [0.1, 0.15) is 33.2 Å². The lowest BCUT2D eigenvalue weighted by molar-refractivity contribution is -0.115. The molecule has 4 aromatic carbocycles. The van der Waals surface area contributed by atoms with Gasteiger partial charge in [0.2, 0.25) is 11.8 Å². The van der Waals surface area contributed by atoms with E-state index in [2.05, 4.69) is 16.0 Å². The molecule has 0 saturated carbocycles. The van der Waals surface area contributed by atoms with Gasteiger partial charge in [0.05, 0.1) is 15.3 Å². The lowest BCUT2D eigenvalue weighted by Gasteiger charge is -2.14. The van der Waals surface area contributed by atoms with Crippen molar-refractivity contribution in [2.24, 2.45) is 5.73 Å². The van der Waals surface area contributed by atoms with Crippen LogP contribution in [0.15, 0.2) is 108 Å². The van der Waals surface area contributed by atoms with Gasteiger partial charge in [0, 0.05) is 27.4 Å². The van der Waals surface area contributed by atoms with Crippen LogP contribution in [0.3, 0.4) is 0 Å². The minimum Gasteiger partial charge on any atom is -0.366 e. The monoisotopic (exact) mass is 632 g/mol. The van der Waals surface area contributed by atoms with E-state index in [0.717, 1.165) is 4.90 Å². The summed E-state index contributed by atoms with van der Waals surface area (Å²) in [6, 6.07) is 26.7. The molecule has 0 aliphatic rings. The number of carbonyl (C=O) groups excluding carboxylic acids is 4. The molecule has 218 valence electrons. The van der Waals surface area contributed by atoms with Crippen LogP contribution in [0.2, 0.25) is 10.0 Å². The molecule has 11 heteroatoms. The fourth-order valence-electron chi connectivity index (χ4n) is 3.76. The van der Waals surface area contributed by atoms with Gasteiger partial charge in [0.15, 0.2) is 0 Å². The third-order valence-corrected chi connectivity index (χ3v) is 7.99. The Morgan fingerprint density at radius 1 is 0.767 bits per heavy atom. The first-order valence-electron chi connectivity index (χ1n) is 12.9. The second-order valence-electron chi connectivity index (χ2n) is 9.19. The molecule has 4 amide bonds. The van der Waals surface area contributed by atoms with Gasteiger partial charge in [-0.1, -0.05) is 53.5 Å². The molecule has 43 heavy (non-hydrogen) atoms. The standard InChI is InChI=1S/C32H26Cl2N4O4S/c1-19(30(40)36-23-12-10-20(11-13-23)29(35)39)43-25-16-14-24(15-17-25)37-32(42)27(18-22-8-5-9-26(33)28(22)34)38-31(41)21-6-3-2-4-7-21/h2-19H,1H3,(H2,35,39)(H,36,40)(H,37,42)(H,38,41)/b27-18-. The molecule has 0 aliphatic carbocycles. The summed E-state index contributed by atoms with van der Waals surface area (Å²) in [5.74, 6) is -1.81. The summed E-state index contributed by atoms with van der Waals surface area (Å²) in [6.07, 6.45) is 1.45. The van der Waals surface area contributed by atoms with E-state index in [9.17, 15) is 19.2 Å². The van der Waals surface area contributed by atoms with E-state index in [-0.39, 0.29) is 16.6 Å². The van der Waals surface area contributed by atoms with Crippen LogP contribution in [0, 0.1) is 0 Å². The number of nitrogens with one attached hydrogen (secondary N) is 3. The minimum atomic E-state index is -0.573. The lowest BCUT2D eigenvalue weighted by Crippen LogP contribution is -2.30. The number of nitrogens with two attached hydrogens (primary N) is 1.